The number of anilines is 1. The molecule has 0 spiro atoms. The van der Waals surface area contributed by atoms with E-state index in [0.717, 1.165) is 15.7 Å². The molecule has 0 bridgehead atoms. The maximum absolute atomic E-state index is 11.9. The number of carbonyl (C=O) groups is 1. The number of aliphatic imine (C=N–C) groups is 1. The van der Waals surface area contributed by atoms with Gasteiger partial charge in [0, 0.05) is 15.1 Å². The van der Waals surface area contributed by atoms with Crippen LogP contribution in [0.25, 0.3) is 0 Å². The number of nitrogens with one attached hydrogen (secondary N) is 1. The lowest BCUT2D eigenvalue weighted by atomic mass is 10.1. The molecular formula is C14H8BrClN2O. The summed E-state index contributed by atoms with van der Waals surface area (Å²) in [7, 11) is 0. The van der Waals surface area contributed by atoms with Gasteiger partial charge < -0.3 is 5.32 Å². The van der Waals surface area contributed by atoms with Gasteiger partial charge in [-0.15, -0.1) is 0 Å². The fourth-order valence-corrected chi connectivity index (χ4v) is 2.37. The fourth-order valence-electron chi connectivity index (χ4n) is 1.88. The lowest BCUT2D eigenvalue weighted by Crippen LogP contribution is -2.13. The second-order valence-electron chi connectivity index (χ2n) is 4.08. The minimum absolute atomic E-state index is 0.192. The number of rotatable bonds is 1. The Balaban J connectivity index is 2.08. The number of nitrogens with zero attached hydrogens (tertiary/aromatic N) is 1. The molecule has 0 unspecified atom stereocenters. The average Bonchev–Trinajstić information content (AvgIpc) is 2.69. The molecule has 0 atom stereocenters. The first-order valence-electron chi connectivity index (χ1n) is 5.59. The Bertz CT molecular complexity index is 695. The van der Waals surface area contributed by atoms with Crippen molar-refractivity contribution in [2.75, 3.05) is 5.32 Å². The molecule has 2 aromatic carbocycles. The minimum atomic E-state index is -0.192. The third-order valence-electron chi connectivity index (χ3n) is 2.77. The Labute approximate surface area is 123 Å². The summed E-state index contributed by atoms with van der Waals surface area (Å²) in [6, 6.07) is 12.6. The van der Waals surface area contributed by atoms with Gasteiger partial charge in [0.1, 0.15) is 5.71 Å². The first kappa shape index (κ1) is 12.4. The van der Waals surface area contributed by atoms with E-state index < -0.39 is 0 Å². The van der Waals surface area contributed by atoms with E-state index in [9.17, 15) is 4.79 Å². The maximum atomic E-state index is 11.9. The highest BCUT2D eigenvalue weighted by molar-refractivity contribution is 9.10. The van der Waals surface area contributed by atoms with Gasteiger partial charge in [-0.05, 0) is 42.5 Å². The zero-order valence-corrected chi connectivity index (χ0v) is 12.0. The molecule has 3 rings (SSSR count). The van der Waals surface area contributed by atoms with E-state index in [0.29, 0.717) is 16.4 Å². The summed E-state index contributed by atoms with van der Waals surface area (Å²) in [4.78, 5) is 16.3. The summed E-state index contributed by atoms with van der Waals surface area (Å²) in [6.45, 7) is 0. The molecule has 5 heteroatoms. The quantitative estimate of drug-likeness (QED) is 0.834. The topological polar surface area (TPSA) is 41.5 Å². The van der Waals surface area contributed by atoms with Crippen LogP contribution in [0.3, 0.4) is 0 Å². The van der Waals surface area contributed by atoms with Crippen molar-refractivity contribution in [3.63, 3.8) is 0 Å². The molecule has 0 fully saturated rings. The van der Waals surface area contributed by atoms with Crippen molar-refractivity contribution >= 4 is 50.5 Å². The molecule has 1 aliphatic heterocycles. The van der Waals surface area contributed by atoms with Crippen LogP contribution in [0.4, 0.5) is 11.4 Å². The van der Waals surface area contributed by atoms with E-state index in [1.807, 2.05) is 18.2 Å². The first-order valence-corrected chi connectivity index (χ1v) is 6.76. The molecule has 2 aromatic rings. The van der Waals surface area contributed by atoms with Crippen LogP contribution < -0.4 is 5.32 Å². The van der Waals surface area contributed by atoms with E-state index in [1.54, 1.807) is 24.3 Å². The molecule has 0 saturated heterocycles. The van der Waals surface area contributed by atoms with Gasteiger partial charge in [0.2, 0.25) is 0 Å². The molecule has 1 heterocycles. The minimum Gasteiger partial charge on any atom is -0.320 e. The summed E-state index contributed by atoms with van der Waals surface area (Å²) in [5.41, 5.74) is 2.69. The molecule has 0 aromatic heterocycles. The smallest absolute Gasteiger partial charge is 0.275 e. The van der Waals surface area contributed by atoms with Crippen LogP contribution in [0.5, 0.6) is 0 Å². The average molecular weight is 336 g/mol. The zero-order chi connectivity index (χ0) is 13.4. The Morgan fingerprint density at radius 3 is 2.58 bits per heavy atom. The van der Waals surface area contributed by atoms with Crippen LogP contribution in [0.1, 0.15) is 5.56 Å². The molecule has 1 aliphatic rings. The molecule has 0 saturated carbocycles. The van der Waals surface area contributed by atoms with E-state index in [1.165, 1.54) is 0 Å². The molecule has 3 nitrogen and oxygen atoms in total. The Morgan fingerprint density at radius 1 is 1.11 bits per heavy atom. The Morgan fingerprint density at radius 2 is 1.84 bits per heavy atom. The van der Waals surface area contributed by atoms with Gasteiger partial charge in [-0.25, -0.2) is 4.99 Å². The number of hydrogen-bond acceptors (Lipinski definition) is 2. The highest BCUT2D eigenvalue weighted by Gasteiger charge is 2.25. The molecule has 0 aliphatic carbocycles. The van der Waals surface area contributed by atoms with Gasteiger partial charge in [-0.3, -0.25) is 4.79 Å². The number of fused-ring (bicyclic) bond motifs is 1. The second kappa shape index (κ2) is 4.79. The Kier molecular flexibility index (Phi) is 3.12. The number of halogens is 2. The van der Waals surface area contributed by atoms with Crippen LogP contribution in [0, 0.1) is 0 Å². The SMILES string of the molecule is O=C1Nc2ccc(Br)cc2C1=Nc1ccc(Cl)cc1. The van der Waals surface area contributed by atoms with Gasteiger partial charge in [-0.1, -0.05) is 27.5 Å². The van der Waals surface area contributed by atoms with Crippen LogP contribution in [0.2, 0.25) is 5.02 Å². The van der Waals surface area contributed by atoms with E-state index in [4.69, 9.17) is 11.6 Å². The Hall–Kier alpha value is -1.65. The van der Waals surface area contributed by atoms with Crippen molar-refractivity contribution in [1.82, 2.24) is 0 Å². The highest BCUT2D eigenvalue weighted by Crippen LogP contribution is 2.28. The summed E-state index contributed by atoms with van der Waals surface area (Å²) in [6.07, 6.45) is 0. The fraction of sp³-hybridized carbons (Fsp3) is 0. The van der Waals surface area contributed by atoms with Crippen molar-refractivity contribution < 1.29 is 4.79 Å². The van der Waals surface area contributed by atoms with Gasteiger partial charge in [-0.2, -0.15) is 0 Å². The lowest BCUT2D eigenvalue weighted by Gasteiger charge is -1.99. The van der Waals surface area contributed by atoms with E-state index in [2.05, 4.69) is 26.2 Å². The number of hydrogen-bond donors (Lipinski definition) is 1. The van der Waals surface area contributed by atoms with Gasteiger partial charge in [0.15, 0.2) is 0 Å². The highest BCUT2D eigenvalue weighted by atomic mass is 79.9. The number of benzene rings is 2. The standard InChI is InChI=1S/C14H8BrClN2O/c15-8-1-6-12-11(7-8)13(14(19)18-12)17-10-4-2-9(16)3-5-10/h1-7H,(H,17,18,19). The van der Waals surface area contributed by atoms with Crippen LogP contribution in [0.15, 0.2) is 51.9 Å². The largest absolute Gasteiger partial charge is 0.320 e. The van der Waals surface area contributed by atoms with Crippen molar-refractivity contribution in [3.05, 3.63) is 57.5 Å². The lowest BCUT2D eigenvalue weighted by molar-refractivity contribution is -0.110. The van der Waals surface area contributed by atoms with Crippen LogP contribution in [-0.4, -0.2) is 11.6 Å². The number of amides is 1. The van der Waals surface area contributed by atoms with Crippen molar-refractivity contribution in [3.8, 4) is 0 Å². The van der Waals surface area contributed by atoms with Gasteiger partial charge in [0.25, 0.3) is 5.91 Å². The van der Waals surface area contributed by atoms with Crippen molar-refractivity contribution in [2.24, 2.45) is 4.99 Å². The van der Waals surface area contributed by atoms with Crippen molar-refractivity contribution in [1.29, 1.82) is 0 Å². The third kappa shape index (κ3) is 2.41. The van der Waals surface area contributed by atoms with Crippen LogP contribution >= 0.6 is 27.5 Å². The predicted molar refractivity (Wildman–Crippen MR) is 80.4 cm³/mol. The molecule has 1 N–H and O–H groups in total. The first-order chi connectivity index (χ1) is 9.13. The molecule has 19 heavy (non-hydrogen) atoms. The summed E-state index contributed by atoms with van der Waals surface area (Å²) >= 11 is 9.22. The van der Waals surface area contributed by atoms with Crippen molar-refractivity contribution in [2.45, 2.75) is 0 Å². The number of carbonyl (C=O) groups excluding carboxylic acids is 1. The summed E-state index contributed by atoms with van der Waals surface area (Å²) in [5, 5.41) is 3.43. The normalized spacial score (nSPS) is 15.5. The molecule has 1 amide bonds. The maximum Gasteiger partial charge on any atom is 0.275 e. The molecular weight excluding hydrogens is 328 g/mol. The summed E-state index contributed by atoms with van der Waals surface area (Å²) in [5.74, 6) is -0.192. The van der Waals surface area contributed by atoms with Crippen LogP contribution in [-0.2, 0) is 4.79 Å². The summed E-state index contributed by atoms with van der Waals surface area (Å²) < 4.78 is 0.909. The monoisotopic (exact) mass is 334 g/mol. The molecule has 0 radical (unpaired) electrons. The van der Waals surface area contributed by atoms with Gasteiger partial charge >= 0.3 is 0 Å². The second-order valence-corrected chi connectivity index (χ2v) is 5.43. The molecule has 94 valence electrons. The van der Waals surface area contributed by atoms with E-state index in [-0.39, 0.29) is 5.91 Å². The zero-order valence-electron chi connectivity index (χ0n) is 9.65. The third-order valence-corrected chi connectivity index (χ3v) is 3.51. The van der Waals surface area contributed by atoms with Gasteiger partial charge in [0.05, 0.1) is 11.4 Å². The van der Waals surface area contributed by atoms with E-state index >= 15 is 0 Å². The predicted octanol–water partition coefficient (Wildman–Crippen LogP) is 4.18.